The van der Waals surface area contributed by atoms with Crippen molar-refractivity contribution >= 4 is 0 Å². The van der Waals surface area contributed by atoms with Crippen LogP contribution in [-0.4, -0.2) is 42.7 Å². The molecule has 4 heteroatoms. The van der Waals surface area contributed by atoms with Gasteiger partial charge in [-0.1, -0.05) is 6.07 Å². The minimum atomic E-state index is 0.684. The third-order valence-electron chi connectivity index (χ3n) is 4.40. The first-order chi connectivity index (χ1) is 10.3. The maximum Gasteiger partial charge on any atom is 0.0547 e. The van der Waals surface area contributed by atoms with Gasteiger partial charge in [0.15, 0.2) is 0 Å². The predicted molar refractivity (Wildman–Crippen MR) is 84.0 cm³/mol. The Morgan fingerprint density at radius 2 is 2.14 bits per heavy atom. The van der Waals surface area contributed by atoms with Gasteiger partial charge in [0.1, 0.15) is 0 Å². The van der Waals surface area contributed by atoms with E-state index in [4.69, 9.17) is 9.72 Å². The molecule has 116 valence electrons. The van der Waals surface area contributed by atoms with Crippen molar-refractivity contribution in [3.8, 4) is 0 Å². The van der Waals surface area contributed by atoms with Crippen molar-refractivity contribution in [2.75, 3.05) is 26.8 Å². The van der Waals surface area contributed by atoms with E-state index in [1.807, 2.05) is 0 Å². The summed E-state index contributed by atoms with van der Waals surface area (Å²) in [5, 5.41) is 3.53. The molecule has 3 rings (SSSR count). The molecule has 0 bridgehead atoms. The second-order valence-electron chi connectivity index (χ2n) is 6.47. The van der Waals surface area contributed by atoms with Crippen molar-refractivity contribution in [1.29, 1.82) is 0 Å². The molecule has 1 atom stereocenters. The summed E-state index contributed by atoms with van der Waals surface area (Å²) < 4.78 is 5.31. The van der Waals surface area contributed by atoms with Gasteiger partial charge >= 0.3 is 0 Å². The maximum atomic E-state index is 5.31. The second kappa shape index (κ2) is 7.34. The molecule has 1 unspecified atom stereocenters. The summed E-state index contributed by atoms with van der Waals surface area (Å²) in [4.78, 5) is 7.32. The number of aromatic nitrogens is 1. The fraction of sp³-hybridized carbons (Fsp3) is 0.706. The zero-order valence-electron chi connectivity index (χ0n) is 13.1. The number of hydrogen-bond donors (Lipinski definition) is 1. The van der Waals surface area contributed by atoms with Crippen LogP contribution in [0.1, 0.15) is 37.1 Å². The van der Waals surface area contributed by atoms with Gasteiger partial charge < -0.3 is 10.1 Å². The number of pyridine rings is 1. The molecule has 1 saturated heterocycles. The molecule has 1 aliphatic heterocycles. The monoisotopic (exact) mass is 289 g/mol. The number of rotatable bonds is 7. The Kier molecular flexibility index (Phi) is 5.22. The molecule has 1 aromatic rings. The van der Waals surface area contributed by atoms with Gasteiger partial charge in [-0.15, -0.1) is 0 Å². The van der Waals surface area contributed by atoms with Crippen molar-refractivity contribution in [3.05, 3.63) is 29.6 Å². The number of nitrogens with one attached hydrogen (secondary N) is 1. The molecule has 1 saturated carbocycles. The number of nitrogens with zero attached hydrogens (tertiary/aromatic N) is 2. The van der Waals surface area contributed by atoms with Crippen LogP contribution in [-0.2, 0) is 17.8 Å². The van der Waals surface area contributed by atoms with E-state index in [-0.39, 0.29) is 0 Å². The summed E-state index contributed by atoms with van der Waals surface area (Å²) >= 11 is 0. The molecule has 0 amide bonds. The van der Waals surface area contributed by atoms with Crippen molar-refractivity contribution in [3.63, 3.8) is 0 Å². The van der Waals surface area contributed by atoms with Gasteiger partial charge in [0, 0.05) is 32.8 Å². The van der Waals surface area contributed by atoms with E-state index in [1.54, 1.807) is 7.11 Å². The lowest BCUT2D eigenvalue weighted by molar-refractivity contribution is 0.0868. The highest BCUT2D eigenvalue weighted by molar-refractivity contribution is 5.11. The molecule has 1 aliphatic carbocycles. The largest absolute Gasteiger partial charge is 0.384 e. The second-order valence-corrected chi connectivity index (χ2v) is 6.47. The Bertz CT molecular complexity index is 445. The standard InChI is InChI=1S/C17H27N3O/c1-21-13-14-4-3-9-20(11-14)12-17-6-2-5-16(19-17)10-18-15-7-8-15/h2,5-6,14-15,18H,3-4,7-13H2,1H3. The van der Waals surface area contributed by atoms with Gasteiger partial charge in [-0.2, -0.15) is 0 Å². The normalized spacial score (nSPS) is 23.4. The molecule has 2 heterocycles. The summed E-state index contributed by atoms with van der Waals surface area (Å²) in [5.74, 6) is 0.684. The highest BCUT2D eigenvalue weighted by Crippen LogP contribution is 2.20. The van der Waals surface area contributed by atoms with E-state index < -0.39 is 0 Å². The highest BCUT2D eigenvalue weighted by Gasteiger charge is 2.21. The zero-order valence-corrected chi connectivity index (χ0v) is 13.1. The lowest BCUT2D eigenvalue weighted by Crippen LogP contribution is -2.36. The van der Waals surface area contributed by atoms with Crippen LogP contribution >= 0.6 is 0 Å². The average molecular weight is 289 g/mol. The lowest BCUT2D eigenvalue weighted by atomic mass is 9.99. The van der Waals surface area contributed by atoms with Gasteiger partial charge in [-0.05, 0) is 50.3 Å². The van der Waals surface area contributed by atoms with Crippen molar-refractivity contribution < 1.29 is 4.74 Å². The van der Waals surface area contributed by atoms with Crippen LogP contribution in [0.5, 0.6) is 0 Å². The average Bonchev–Trinajstić information content (AvgIpc) is 3.31. The maximum absolute atomic E-state index is 5.31. The molecule has 4 nitrogen and oxygen atoms in total. The quantitative estimate of drug-likeness (QED) is 0.835. The first kappa shape index (κ1) is 14.9. The number of hydrogen-bond acceptors (Lipinski definition) is 4. The van der Waals surface area contributed by atoms with Gasteiger partial charge in [0.25, 0.3) is 0 Å². The van der Waals surface area contributed by atoms with E-state index in [2.05, 4.69) is 28.4 Å². The van der Waals surface area contributed by atoms with E-state index in [9.17, 15) is 0 Å². The fourth-order valence-corrected chi connectivity index (χ4v) is 3.15. The Morgan fingerprint density at radius 3 is 2.95 bits per heavy atom. The zero-order chi connectivity index (χ0) is 14.5. The molecular weight excluding hydrogens is 262 g/mol. The molecule has 1 aromatic heterocycles. The van der Waals surface area contributed by atoms with Gasteiger partial charge in [-0.3, -0.25) is 9.88 Å². The molecule has 0 radical (unpaired) electrons. The van der Waals surface area contributed by atoms with Crippen LogP contribution in [0, 0.1) is 5.92 Å². The molecular formula is C17H27N3O. The van der Waals surface area contributed by atoms with Gasteiger partial charge in [0.05, 0.1) is 18.0 Å². The van der Waals surface area contributed by atoms with Crippen LogP contribution in [0.2, 0.25) is 0 Å². The summed E-state index contributed by atoms with van der Waals surface area (Å²) in [6.07, 6.45) is 5.22. The van der Waals surface area contributed by atoms with Crippen molar-refractivity contribution in [2.45, 2.75) is 44.8 Å². The summed E-state index contributed by atoms with van der Waals surface area (Å²) in [6, 6.07) is 7.17. The molecule has 1 N–H and O–H groups in total. The minimum Gasteiger partial charge on any atom is -0.384 e. The predicted octanol–water partition coefficient (Wildman–Crippen LogP) is 2.19. The third-order valence-corrected chi connectivity index (χ3v) is 4.40. The lowest BCUT2D eigenvalue weighted by Gasteiger charge is -2.32. The van der Waals surface area contributed by atoms with Crippen LogP contribution in [0.3, 0.4) is 0 Å². The van der Waals surface area contributed by atoms with E-state index in [0.717, 1.165) is 32.3 Å². The van der Waals surface area contributed by atoms with E-state index in [0.29, 0.717) is 5.92 Å². The summed E-state index contributed by atoms with van der Waals surface area (Å²) in [6.45, 7) is 5.09. The summed E-state index contributed by atoms with van der Waals surface area (Å²) in [7, 11) is 1.80. The highest BCUT2D eigenvalue weighted by atomic mass is 16.5. The topological polar surface area (TPSA) is 37.4 Å². The van der Waals surface area contributed by atoms with E-state index >= 15 is 0 Å². The van der Waals surface area contributed by atoms with Gasteiger partial charge in [-0.25, -0.2) is 0 Å². The SMILES string of the molecule is COCC1CCCN(Cc2cccc(CNC3CC3)n2)C1. The van der Waals surface area contributed by atoms with Gasteiger partial charge in [0.2, 0.25) is 0 Å². The van der Waals surface area contributed by atoms with Crippen molar-refractivity contribution in [1.82, 2.24) is 15.2 Å². The Labute approximate surface area is 127 Å². The molecule has 0 aromatic carbocycles. The first-order valence-electron chi connectivity index (χ1n) is 8.23. The van der Waals surface area contributed by atoms with Crippen molar-refractivity contribution in [2.24, 2.45) is 5.92 Å². The Morgan fingerprint density at radius 1 is 1.29 bits per heavy atom. The van der Waals surface area contributed by atoms with Crippen LogP contribution in [0.15, 0.2) is 18.2 Å². The van der Waals surface area contributed by atoms with Crippen LogP contribution in [0.25, 0.3) is 0 Å². The summed E-state index contributed by atoms with van der Waals surface area (Å²) in [5.41, 5.74) is 2.37. The fourth-order valence-electron chi connectivity index (χ4n) is 3.15. The number of ether oxygens (including phenoxy) is 1. The third kappa shape index (κ3) is 4.77. The Hall–Kier alpha value is -0.970. The molecule has 21 heavy (non-hydrogen) atoms. The smallest absolute Gasteiger partial charge is 0.0547 e. The van der Waals surface area contributed by atoms with Crippen LogP contribution < -0.4 is 5.32 Å². The first-order valence-corrected chi connectivity index (χ1v) is 8.23. The number of methoxy groups -OCH3 is 1. The van der Waals surface area contributed by atoms with E-state index in [1.165, 1.54) is 43.6 Å². The molecule has 0 spiro atoms. The Balaban J connectivity index is 1.52. The number of piperidine rings is 1. The van der Waals surface area contributed by atoms with Crippen LogP contribution in [0.4, 0.5) is 0 Å². The molecule has 2 aliphatic rings. The number of likely N-dealkylation sites (tertiary alicyclic amines) is 1. The minimum absolute atomic E-state index is 0.684. The molecule has 2 fully saturated rings.